The Bertz CT molecular complexity index is 915. The van der Waals surface area contributed by atoms with Crippen molar-refractivity contribution in [2.75, 3.05) is 11.1 Å². The highest BCUT2D eigenvalue weighted by Crippen LogP contribution is 2.28. The maximum absolute atomic E-state index is 12.2. The fourth-order valence-electron chi connectivity index (χ4n) is 3.04. The van der Waals surface area contributed by atoms with Crippen LogP contribution in [0, 0.1) is 10.1 Å². The van der Waals surface area contributed by atoms with E-state index in [0.29, 0.717) is 0 Å². The fourth-order valence-corrected chi connectivity index (χ4v) is 3.78. The molecule has 8 heteroatoms. The topological polar surface area (TPSA) is 98.5 Å². The highest BCUT2D eigenvalue weighted by molar-refractivity contribution is 8.00. The Labute approximate surface area is 166 Å². The van der Waals surface area contributed by atoms with E-state index in [1.165, 1.54) is 48.0 Å². The molecule has 0 aromatic heterocycles. The molecule has 0 radical (unpaired) electrons. The molecule has 0 heterocycles. The van der Waals surface area contributed by atoms with Crippen LogP contribution in [0.25, 0.3) is 0 Å². The lowest BCUT2D eigenvalue weighted by molar-refractivity contribution is -0.383. The largest absolute Gasteiger partial charge is 0.452 e. The number of thioether (sulfide) groups is 1. The van der Waals surface area contributed by atoms with E-state index in [9.17, 15) is 19.7 Å². The van der Waals surface area contributed by atoms with Gasteiger partial charge in [0.25, 0.3) is 11.6 Å². The van der Waals surface area contributed by atoms with Gasteiger partial charge in [-0.2, -0.15) is 0 Å². The molecular formula is C20H20N2O5S. The summed E-state index contributed by atoms with van der Waals surface area (Å²) in [6, 6.07) is 12.0. The molecule has 0 spiro atoms. The number of carbonyl (C=O) groups is 2. The van der Waals surface area contributed by atoms with Crippen LogP contribution < -0.4 is 5.32 Å². The van der Waals surface area contributed by atoms with Crippen LogP contribution in [0.15, 0.2) is 47.4 Å². The molecule has 2 aromatic carbocycles. The van der Waals surface area contributed by atoms with Gasteiger partial charge in [-0.3, -0.25) is 19.7 Å². The number of amides is 1. The van der Waals surface area contributed by atoms with Gasteiger partial charge in [0.1, 0.15) is 5.69 Å². The first-order chi connectivity index (χ1) is 13.4. The molecule has 1 aliphatic rings. The molecule has 1 atom stereocenters. The Hall–Kier alpha value is -2.87. The average Bonchev–Trinajstić information content (AvgIpc) is 3.14. The van der Waals surface area contributed by atoms with Crippen LogP contribution in [0.2, 0.25) is 0 Å². The molecule has 2 aromatic rings. The highest BCUT2D eigenvalue weighted by Gasteiger charge is 2.21. The number of para-hydroxylation sites is 2. The first-order valence-electron chi connectivity index (χ1n) is 8.92. The van der Waals surface area contributed by atoms with Gasteiger partial charge in [0.15, 0.2) is 6.10 Å². The Kier molecular flexibility index (Phi) is 6.30. The summed E-state index contributed by atoms with van der Waals surface area (Å²) in [5.74, 6) is -1.05. The van der Waals surface area contributed by atoms with Crippen molar-refractivity contribution >= 4 is 35.0 Å². The molecule has 3 rings (SSSR count). The molecule has 1 aliphatic carbocycles. The summed E-state index contributed by atoms with van der Waals surface area (Å²) in [6.07, 6.45) is 2.27. The number of benzene rings is 2. The van der Waals surface area contributed by atoms with Gasteiger partial charge >= 0.3 is 5.97 Å². The zero-order valence-corrected chi connectivity index (χ0v) is 16.2. The molecule has 28 heavy (non-hydrogen) atoms. The number of carbonyl (C=O) groups excluding carboxylic acids is 2. The van der Waals surface area contributed by atoms with Crippen molar-refractivity contribution in [3.05, 3.63) is 63.7 Å². The standard InChI is InChI=1S/C20H20N2O5S/c1-13(20(24)21-17-7-2-3-8-18(17)22(25)26)27-19(23)12-28-16-10-9-14-5-4-6-15(14)11-16/h2-3,7-11,13H,4-6,12H2,1H3,(H,21,24)/t13-/m0/s1. The van der Waals surface area contributed by atoms with E-state index in [1.807, 2.05) is 6.07 Å². The number of nitrogens with one attached hydrogen (secondary N) is 1. The van der Waals surface area contributed by atoms with E-state index >= 15 is 0 Å². The quantitative estimate of drug-likeness (QED) is 0.329. The Morgan fingerprint density at radius 1 is 1.21 bits per heavy atom. The Morgan fingerprint density at radius 3 is 2.75 bits per heavy atom. The summed E-state index contributed by atoms with van der Waals surface area (Å²) in [7, 11) is 0. The summed E-state index contributed by atoms with van der Waals surface area (Å²) in [5.41, 5.74) is 2.54. The number of nitrogens with zero attached hydrogens (tertiary/aromatic N) is 1. The number of nitro groups is 1. The lowest BCUT2D eigenvalue weighted by atomic mass is 10.1. The molecule has 0 bridgehead atoms. The molecule has 1 amide bonds. The third-order valence-electron chi connectivity index (χ3n) is 4.46. The van der Waals surface area contributed by atoms with Gasteiger partial charge in [0, 0.05) is 11.0 Å². The van der Waals surface area contributed by atoms with Gasteiger partial charge in [0.2, 0.25) is 0 Å². The maximum Gasteiger partial charge on any atom is 0.317 e. The summed E-state index contributed by atoms with van der Waals surface area (Å²) in [6.45, 7) is 1.43. The number of ether oxygens (including phenoxy) is 1. The number of hydrogen-bond acceptors (Lipinski definition) is 6. The maximum atomic E-state index is 12.2. The summed E-state index contributed by atoms with van der Waals surface area (Å²) in [4.78, 5) is 35.7. The average molecular weight is 400 g/mol. The lowest BCUT2D eigenvalue weighted by Crippen LogP contribution is -2.30. The van der Waals surface area contributed by atoms with Crippen molar-refractivity contribution in [1.82, 2.24) is 0 Å². The van der Waals surface area contributed by atoms with E-state index in [1.54, 1.807) is 6.07 Å². The third-order valence-corrected chi connectivity index (χ3v) is 5.43. The van der Waals surface area contributed by atoms with Crippen LogP contribution in [0.3, 0.4) is 0 Å². The number of rotatable bonds is 7. The van der Waals surface area contributed by atoms with E-state index < -0.39 is 22.9 Å². The summed E-state index contributed by atoms with van der Waals surface area (Å²) < 4.78 is 5.16. The van der Waals surface area contributed by atoms with Crippen molar-refractivity contribution < 1.29 is 19.2 Å². The van der Waals surface area contributed by atoms with Gasteiger partial charge in [0.05, 0.1) is 10.7 Å². The molecule has 0 saturated carbocycles. The van der Waals surface area contributed by atoms with Gasteiger partial charge in [-0.25, -0.2) is 0 Å². The Balaban J connectivity index is 1.51. The molecule has 7 nitrogen and oxygen atoms in total. The van der Waals surface area contributed by atoms with Crippen LogP contribution >= 0.6 is 11.8 Å². The molecule has 0 aliphatic heterocycles. The van der Waals surface area contributed by atoms with Crippen molar-refractivity contribution in [2.24, 2.45) is 0 Å². The molecule has 146 valence electrons. The number of esters is 1. The van der Waals surface area contributed by atoms with Crippen LogP contribution in [0.1, 0.15) is 24.5 Å². The van der Waals surface area contributed by atoms with E-state index in [4.69, 9.17) is 4.74 Å². The normalized spacial score (nSPS) is 13.5. The molecular weight excluding hydrogens is 380 g/mol. The number of hydrogen-bond donors (Lipinski definition) is 1. The fraction of sp³-hybridized carbons (Fsp3) is 0.300. The minimum absolute atomic E-state index is 0.0629. The van der Waals surface area contributed by atoms with Gasteiger partial charge in [-0.05, 0) is 55.5 Å². The monoisotopic (exact) mass is 400 g/mol. The first kappa shape index (κ1) is 19.9. The van der Waals surface area contributed by atoms with Crippen LogP contribution in [0.5, 0.6) is 0 Å². The highest BCUT2D eigenvalue weighted by atomic mass is 32.2. The molecule has 0 saturated heterocycles. The van der Waals surface area contributed by atoms with Crippen molar-refractivity contribution in [3.63, 3.8) is 0 Å². The van der Waals surface area contributed by atoms with Crippen molar-refractivity contribution in [2.45, 2.75) is 37.2 Å². The number of nitro benzene ring substituents is 1. The predicted molar refractivity (Wildman–Crippen MR) is 106 cm³/mol. The molecule has 1 N–H and O–H groups in total. The van der Waals surface area contributed by atoms with Crippen LogP contribution in [0.4, 0.5) is 11.4 Å². The SMILES string of the molecule is C[C@H](OC(=O)CSc1ccc2c(c1)CCC2)C(=O)Nc1ccccc1[N+](=O)[O-]. The smallest absolute Gasteiger partial charge is 0.317 e. The van der Waals surface area contributed by atoms with E-state index in [2.05, 4.69) is 17.4 Å². The van der Waals surface area contributed by atoms with Gasteiger partial charge < -0.3 is 10.1 Å². The van der Waals surface area contributed by atoms with E-state index in [-0.39, 0.29) is 17.1 Å². The molecule has 0 fully saturated rings. The van der Waals surface area contributed by atoms with E-state index in [0.717, 1.165) is 24.2 Å². The van der Waals surface area contributed by atoms with Gasteiger partial charge in [-0.15, -0.1) is 11.8 Å². The number of aryl methyl sites for hydroxylation is 2. The second-order valence-electron chi connectivity index (χ2n) is 6.47. The summed E-state index contributed by atoms with van der Waals surface area (Å²) in [5, 5.41) is 13.4. The van der Waals surface area contributed by atoms with Gasteiger partial charge in [-0.1, -0.05) is 18.2 Å². The second-order valence-corrected chi connectivity index (χ2v) is 7.52. The Morgan fingerprint density at radius 2 is 1.96 bits per heavy atom. The first-order valence-corrected chi connectivity index (χ1v) is 9.91. The zero-order valence-electron chi connectivity index (χ0n) is 15.3. The van der Waals surface area contributed by atoms with Crippen molar-refractivity contribution in [1.29, 1.82) is 0 Å². The predicted octanol–water partition coefficient (Wildman–Crippen LogP) is 3.75. The number of anilines is 1. The third kappa shape index (κ3) is 4.89. The second kappa shape index (κ2) is 8.88. The molecule has 0 unspecified atom stereocenters. The van der Waals surface area contributed by atoms with Crippen LogP contribution in [-0.2, 0) is 27.2 Å². The minimum atomic E-state index is -1.06. The lowest BCUT2D eigenvalue weighted by Gasteiger charge is -2.13. The van der Waals surface area contributed by atoms with Crippen molar-refractivity contribution in [3.8, 4) is 0 Å². The number of fused-ring (bicyclic) bond motifs is 1. The summed E-state index contributed by atoms with van der Waals surface area (Å²) >= 11 is 1.36. The van der Waals surface area contributed by atoms with Crippen LogP contribution in [-0.4, -0.2) is 28.7 Å². The minimum Gasteiger partial charge on any atom is -0.452 e. The zero-order chi connectivity index (χ0) is 20.1.